The number of hydrogen-bond acceptors (Lipinski definition) is 2. The lowest BCUT2D eigenvalue weighted by atomic mass is 10.1. The van der Waals surface area contributed by atoms with Gasteiger partial charge in [0.25, 0.3) is 0 Å². The van der Waals surface area contributed by atoms with Gasteiger partial charge in [0.1, 0.15) is 5.75 Å². The summed E-state index contributed by atoms with van der Waals surface area (Å²) in [7, 11) is 1.67. The molecule has 0 amide bonds. The van der Waals surface area contributed by atoms with Crippen LogP contribution in [0.25, 0.3) is 10.8 Å². The molecule has 122 valence electrons. The van der Waals surface area contributed by atoms with E-state index < -0.39 is 0 Å². The molecule has 0 aromatic heterocycles. The Morgan fingerprint density at radius 1 is 1.00 bits per heavy atom. The molecule has 2 N–H and O–H groups in total. The summed E-state index contributed by atoms with van der Waals surface area (Å²) in [6, 6.07) is 22.5. The molecule has 3 nitrogen and oxygen atoms in total. The van der Waals surface area contributed by atoms with Gasteiger partial charge in [0.15, 0.2) is 5.11 Å². The molecule has 0 bridgehead atoms. The first-order valence-corrected chi connectivity index (χ1v) is 8.27. The van der Waals surface area contributed by atoms with Crippen LogP contribution in [0.5, 0.6) is 5.75 Å². The molecule has 3 aromatic rings. The van der Waals surface area contributed by atoms with Crippen molar-refractivity contribution in [3.05, 3.63) is 72.3 Å². The Morgan fingerprint density at radius 3 is 2.58 bits per heavy atom. The lowest BCUT2D eigenvalue weighted by Crippen LogP contribution is -2.30. The van der Waals surface area contributed by atoms with Crippen molar-refractivity contribution in [2.24, 2.45) is 0 Å². The van der Waals surface area contributed by atoms with E-state index in [1.54, 1.807) is 7.11 Å². The fourth-order valence-corrected chi connectivity index (χ4v) is 2.97. The number of benzene rings is 3. The topological polar surface area (TPSA) is 33.3 Å². The van der Waals surface area contributed by atoms with Crippen LogP contribution in [-0.4, -0.2) is 12.2 Å². The van der Waals surface area contributed by atoms with E-state index in [1.807, 2.05) is 42.5 Å². The SMILES string of the molecule is COc1cccc([C@@H](C)NC(=S)Nc2cccc3ccccc23)c1. The minimum Gasteiger partial charge on any atom is -0.497 e. The van der Waals surface area contributed by atoms with Crippen LogP contribution in [0.1, 0.15) is 18.5 Å². The summed E-state index contributed by atoms with van der Waals surface area (Å²) in [6.45, 7) is 2.08. The highest BCUT2D eigenvalue weighted by atomic mass is 32.1. The molecule has 0 aliphatic carbocycles. The molecule has 0 saturated carbocycles. The van der Waals surface area contributed by atoms with Crippen LogP contribution in [-0.2, 0) is 0 Å². The van der Waals surface area contributed by atoms with Gasteiger partial charge in [0, 0.05) is 11.1 Å². The number of hydrogen-bond donors (Lipinski definition) is 2. The average molecular weight is 336 g/mol. The standard InChI is InChI=1S/C20H20N2OS/c1-14(16-9-5-10-17(13-16)23-2)21-20(24)22-19-12-6-8-15-7-3-4-11-18(15)19/h3-14H,1-2H3,(H2,21,22,24)/t14-/m1/s1. The number of rotatable bonds is 4. The highest BCUT2D eigenvalue weighted by molar-refractivity contribution is 7.80. The molecular formula is C20H20N2OS. The third-order valence-electron chi connectivity index (χ3n) is 3.98. The largest absolute Gasteiger partial charge is 0.497 e. The van der Waals surface area contributed by atoms with E-state index in [1.165, 1.54) is 5.39 Å². The van der Waals surface area contributed by atoms with Crippen molar-refractivity contribution in [2.45, 2.75) is 13.0 Å². The maximum atomic E-state index is 5.48. The summed E-state index contributed by atoms with van der Waals surface area (Å²) in [5.74, 6) is 0.842. The molecule has 0 spiro atoms. The number of thiocarbonyl (C=S) groups is 1. The maximum absolute atomic E-state index is 5.48. The van der Waals surface area contributed by atoms with Gasteiger partial charge in [-0.05, 0) is 48.3 Å². The third-order valence-corrected chi connectivity index (χ3v) is 4.20. The second-order valence-corrected chi connectivity index (χ2v) is 6.03. The zero-order valence-corrected chi connectivity index (χ0v) is 14.6. The molecule has 0 saturated heterocycles. The summed E-state index contributed by atoms with van der Waals surface area (Å²) < 4.78 is 5.28. The second-order valence-electron chi connectivity index (χ2n) is 5.62. The molecule has 0 aliphatic heterocycles. The first-order valence-electron chi connectivity index (χ1n) is 7.86. The van der Waals surface area contributed by atoms with Gasteiger partial charge in [0.05, 0.1) is 13.2 Å². The van der Waals surface area contributed by atoms with E-state index in [2.05, 4.69) is 41.8 Å². The average Bonchev–Trinajstić information content (AvgIpc) is 2.62. The van der Waals surface area contributed by atoms with E-state index in [4.69, 9.17) is 17.0 Å². The molecule has 0 fully saturated rings. The van der Waals surface area contributed by atoms with Gasteiger partial charge in [-0.3, -0.25) is 0 Å². The highest BCUT2D eigenvalue weighted by Crippen LogP contribution is 2.23. The Morgan fingerprint density at radius 2 is 1.75 bits per heavy atom. The maximum Gasteiger partial charge on any atom is 0.171 e. The lowest BCUT2D eigenvalue weighted by molar-refractivity contribution is 0.413. The van der Waals surface area contributed by atoms with E-state index in [9.17, 15) is 0 Å². The van der Waals surface area contributed by atoms with Gasteiger partial charge < -0.3 is 15.4 Å². The molecule has 3 rings (SSSR count). The second kappa shape index (κ2) is 7.32. The molecule has 1 atom stereocenters. The van der Waals surface area contributed by atoms with Crippen molar-refractivity contribution in [3.8, 4) is 5.75 Å². The number of fused-ring (bicyclic) bond motifs is 1. The Hall–Kier alpha value is -2.59. The van der Waals surface area contributed by atoms with Crippen LogP contribution in [0, 0.1) is 0 Å². The minimum absolute atomic E-state index is 0.0788. The van der Waals surface area contributed by atoms with Gasteiger partial charge in [-0.25, -0.2) is 0 Å². The van der Waals surface area contributed by atoms with Crippen molar-refractivity contribution in [2.75, 3.05) is 12.4 Å². The smallest absolute Gasteiger partial charge is 0.171 e. The van der Waals surface area contributed by atoms with E-state index >= 15 is 0 Å². The van der Waals surface area contributed by atoms with Gasteiger partial charge in [0.2, 0.25) is 0 Å². The van der Waals surface area contributed by atoms with Crippen LogP contribution >= 0.6 is 12.2 Å². The van der Waals surface area contributed by atoms with Crippen molar-refractivity contribution in [3.63, 3.8) is 0 Å². The Labute approximate surface area is 147 Å². The van der Waals surface area contributed by atoms with Gasteiger partial charge in [-0.15, -0.1) is 0 Å². The molecule has 0 unspecified atom stereocenters. The van der Waals surface area contributed by atoms with E-state index in [-0.39, 0.29) is 6.04 Å². The molecule has 24 heavy (non-hydrogen) atoms. The summed E-state index contributed by atoms with van der Waals surface area (Å²) in [4.78, 5) is 0. The summed E-state index contributed by atoms with van der Waals surface area (Å²) >= 11 is 5.48. The predicted molar refractivity (Wildman–Crippen MR) is 105 cm³/mol. The fraction of sp³-hybridized carbons (Fsp3) is 0.150. The number of anilines is 1. The van der Waals surface area contributed by atoms with Crippen LogP contribution in [0.3, 0.4) is 0 Å². The van der Waals surface area contributed by atoms with E-state index in [0.717, 1.165) is 22.4 Å². The summed E-state index contributed by atoms with van der Waals surface area (Å²) in [6.07, 6.45) is 0. The van der Waals surface area contributed by atoms with Crippen molar-refractivity contribution < 1.29 is 4.74 Å². The van der Waals surface area contributed by atoms with Gasteiger partial charge in [-0.2, -0.15) is 0 Å². The Bertz CT molecular complexity index is 858. The molecular weight excluding hydrogens is 316 g/mol. The Balaban J connectivity index is 1.72. The Kier molecular flexibility index (Phi) is 4.96. The monoisotopic (exact) mass is 336 g/mol. The van der Waals surface area contributed by atoms with Crippen molar-refractivity contribution >= 4 is 33.8 Å². The number of ether oxygens (including phenoxy) is 1. The summed E-state index contributed by atoms with van der Waals surface area (Å²) in [5, 5.41) is 9.56. The normalized spacial score (nSPS) is 11.8. The number of methoxy groups -OCH3 is 1. The van der Waals surface area contributed by atoms with Gasteiger partial charge >= 0.3 is 0 Å². The zero-order chi connectivity index (χ0) is 16.9. The first-order chi connectivity index (χ1) is 11.7. The third kappa shape index (κ3) is 3.66. The predicted octanol–water partition coefficient (Wildman–Crippen LogP) is 4.90. The zero-order valence-electron chi connectivity index (χ0n) is 13.7. The van der Waals surface area contributed by atoms with Crippen LogP contribution in [0.4, 0.5) is 5.69 Å². The number of nitrogens with one attached hydrogen (secondary N) is 2. The quantitative estimate of drug-likeness (QED) is 0.664. The minimum atomic E-state index is 0.0788. The van der Waals surface area contributed by atoms with Crippen LogP contribution in [0.2, 0.25) is 0 Å². The van der Waals surface area contributed by atoms with E-state index in [0.29, 0.717) is 5.11 Å². The highest BCUT2D eigenvalue weighted by Gasteiger charge is 2.09. The van der Waals surface area contributed by atoms with Crippen LogP contribution < -0.4 is 15.4 Å². The molecule has 3 aromatic carbocycles. The fourth-order valence-electron chi connectivity index (χ4n) is 2.68. The molecule has 0 heterocycles. The van der Waals surface area contributed by atoms with Crippen molar-refractivity contribution in [1.82, 2.24) is 5.32 Å². The van der Waals surface area contributed by atoms with Crippen LogP contribution in [0.15, 0.2) is 66.7 Å². The molecule has 0 aliphatic rings. The van der Waals surface area contributed by atoms with Gasteiger partial charge in [-0.1, -0.05) is 48.5 Å². The molecule has 0 radical (unpaired) electrons. The van der Waals surface area contributed by atoms with Crippen molar-refractivity contribution in [1.29, 1.82) is 0 Å². The lowest BCUT2D eigenvalue weighted by Gasteiger charge is -2.18. The summed E-state index contributed by atoms with van der Waals surface area (Å²) in [5.41, 5.74) is 2.12. The first kappa shape index (κ1) is 16.3. The molecule has 4 heteroatoms.